The number of hydrogen-bond acceptors (Lipinski definition) is 3. The Morgan fingerprint density at radius 3 is 2.74 bits per heavy atom. The summed E-state index contributed by atoms with van der Waals surface area (Å²) in [5, 5.41) is 0. The van der Waals surface area contributed by atoms with Crippen molar-refractivity contribution in [3.8, 4) is 0 Å². The fourth-order valence-electron chi connectivity index (χ4n) is 2.32. The fourth-order valence-corrected chi connectivity index (χ4v) is 2.32. The lowest BCUT2D eigenvalue weighted by molar-refractivity contribution is 0.0567. The number of amides is 1. The van der Waals surface area contributed by atoms with Crippen molar-refractivity contribution < 1.29 is 18.3 Å². The predicted molar refractivity (Wildman–Crippen MR) is 66.7 cm³/mol. The minimum Gasteiger partial charge on any atom is -0.396 e. The number of carbonyl (C=O) groups excluding carboxylic acids is 1. The summed E-state index contributed by atoms with van der Waals surface area (Å²) in [6.45, 7) is 2.36. The zero-order chi connectivity index (χ0) is 14.2. The molecule has 1 saturated heterocycles. The van der Waals surface area contributed by atoms with Crippen LogP contribution >= 0.6 is 0 Å². The maximum Gasteiger partial charge on any atom is 0.259 e. The van der Waals surface area contributed by atoms with E-state index in [1.54, 1.807) is 0 Å². The number of ether oxygens (including phenoxy) is 1. The Morgan fingerprint density at radius 2 is 2.16 bits per heavy atom. The van der Waals surface area contributed by atoms with Crippen molar-refractivity contribution in [2.24, 2.45) is 0 Å². The van der Waals surface area contributed by atoms with Crippen molar-refractivity contribution in [3.63, 3.8) is 0 Å². The summed E-state index contributed by atoms with van der Waals surface area (Å²) in [5.41, 5.74) is 4.52. The number of hydrogen-bond donors (Lipinski definition) is 1. The molecule has 0 saturated carbocycles. The van der Waals surface area contributed by atoms with E-state index in [2.05, 4.69) is 0 Å². The number of halogens is 2. The highest BCUT2D eigenvalue weighted by Gasteiger charge is 2.33. The number of anilines is 1. The molecule has 0 bridgehead atoms. The van der Waals surface area contributed by atoms with Gasteiger partial charge in [-0.25, -0.2) is 8.78 Å². The van der Waals surface area contributed by atoms with Gasteiger partial charge in [0, 0.05) is 13.7 Å². The van der Waals surface area contributed by atoms with E-state index >= 15 is 0 Å². The zero-order valence-electron chi connectivity index (χ0n) is 10.8. The van der Waals surface area contributed by atoms with E-state index < -0.39 is 23.1 Å². The molecule has 0 aromatic heterocycles. The van der Waals surface area contributed by atoms with Crippen LogP contribution in [0.25, 0.3) is 0 Å². The smallest absolute Gasteiger partial charge is 0.259 e. The number of nitrogen functional groups attached to an aromatic ring is 1. The lowest BCUT2D eigenvalue weighted by Crippen LogP contribution is -2.41. The van der Waals surface area contributed by atoms with Crippen molar-refractivity contribution >= 4 is 11.6 Å². The summed E-state index contributed by atoms with van der Waals surface area (Å²) in [7, 11) is 1.51. The van der Waals surface area contributed by atoms with E-state index in [-0.39, 0.29) is 17.8 Å². The van der Waals surface area contributed by atoms with Crippen LogP contribution in [-0.2, 0) is 4.74 Å². The van der Waals surface area contributed by atoms with Gasteiger partial charge in [0.2, 0.25) is 0 Å². The summed E-state index contributed by atoms with van der Waals surface area (Å²) in [4.78, 5) is 13.5. The predicted octanol–water partition coefficient (Wildman–Crippen LogP) is 1.80. The molecule has 2 unspecified atom stereocenters. The number of nitrogens with two attached hydrogens (primary N) is 1. The summed E-state index contributed by atoms with van der Waals surface area (Å²) in [6, 6.07) is 1.91. The number of nitrogens with zero attached hydrogens (tertiary/aromatic N) is 1. The molecule has 1 aromatic rings. The van der Waals surface area contributed by atoms with Crippen LogP contribution in [-0.4, -0.2) is 36.6 Å². The van der Waals surface area contributed by atoms with Gasteiger partial charge in [-0.05, 0) is 25.5 Å². The number of carbonyl (C=O) groups is 1. The standard InChI is InChI=1S/C13H16F2N2O2/c1-7-10(5-6-19-7)17(2)13(18)11-8(14)3-4-9(16)12(11)15/h3-4,7,10H,5-6,16H2,1-2H3. The van der Waals surface area contributed by atoms with Crippen LogP contribution < -0.4 is 5.73 Å². The second-order valence-corrected chi connectivity index (χ2v) is 4.67. The van der Waals surface area contributed by atoms with E-state index in [0.717, 1.165) is 12.1 Å². The number of benzene rings is 1. The number of likely N-dealkylation sites (N-methyl/N-ethyl adjacent to an activating group) is 1. The van der Waals surface area contributed by atoms with Crippen LogP contribution in [0.1, 0.15) is 23.7 Å². The van der Waals surface area contributed by atoms with Gasteiger partial charge >= 0.3 is 0 Å². The molecule has 1 aromatic carbocycles. The summed E-state index contributed by atoms with van der Waals surface area (Å²) in [6.07, 6.45) is 0.496. The monoisotopic (exact) mass is 270 g/mol. The first-order valence-corrected chi connectivity index (χ1v) is 6.05. The molecule has 19 heavy (non-hydrogen) atoms. The van der Waals surface area contributed by atoms with Crippen LogP contribution in [0.2, 0.25) is 0 Å². The van der Waals surface area contributed by atoms with Crippen LogP contribution in [0.15, 0.2) is 12.1 Å². The number of rotatable bonds is 2. The largest absolute Gasteiger partial charge is 0.396 e. The van der Waals surface area contributed by atoms with E-state index in [0.29, 0.717) is 13.0 Å². The lowest BCUT2D eigenvalue weighted by Gasteiger charge is -2.27. The van der Waals surface area contributed by atoms with Crippen LogP contribution in [0.3, 0.4) is 0 Å². The topological polar surface area (TPSA) is 55.6 Å². The highest BCUT2D eigenvalue weighted by molar-refractivity contribution is 5.95. The molecule has 0 radical (unpaired) electrons. The average molecular weight is 270 g/mol. The van der Waals surface area contributed by atoms with Crippen molar-refractivity contribution in [2.45, 2.75) is 25.5 Å². The molecular weight excluding hydrogens is 254 g/mol. The second-order valence-electron chi connectivity index (χ2n) is 4.67. The molecule has 2 atom stereocenters. The summed E-state index contributed by atoms with van der Waals surface area (Å²) < 4.78 is 32.8. The minimum absolute atomic E-state index is 0.152. The second kappa shape index (κ2) is 5.13. The Balaban J connectivity index is 2.31. The molecule has 1 amide bonds. The summed E-state index contributed by atoms with van der Waals surface area (Å²) >= 11 is 0. The van der Waals surface area contributed by atoms with E-state index in [4.69, 9.17) is 10.5 Å². The van der Waals surface area contributed by atoms with Crippen LogP contribution in [0.5, 0.6) is 0 Å². The van der Waals surface area contributed by atoms with Gasteiger partial charge in [-0.2, -0.15) is 0 Å². The lowest BCUT2D eigenvalue weighted by atomic mass is 10.1. The normalized spacial score (nSPS) is 22.5. The first-order chi connectivity index (χ1) is 8.93. The first-order valence-electron chi connectivity index (χ1n) is 6.05. The van der Waals surface area contributed by atoms with E-state index in [1.165, 1.54) is 11.9 Å². The quantitative estimate of drug-likeness (QED) is 0.834. The first kappa shape index (κ1) is 13.7. The minimum atomic E-state index is -1.01. The molecule has 2 rings (SSSR count). The van der Waals surface area contributed by atoms with Gasteiger partial charge in [0.05, 0.1) is 17.8 Å². The Bertz CT molecular complexity index is 508. The fraction of sp³-hybridized carbons (Fsp3) is 0.462. The van der Waals surface area contributed by atoms with Gasteiger partial charge in [-0.1, -0.05) is 0 Å². The van der Waals surface area contributed by atoms with Crippen molar-refractivity contribution in [2.75, 3.05) is 19.4 Å². The third-order valence-corrected chi connectivity index (χ3v) is 3.49. The molecule has 1 fully saturated rings. The highest BCUT2D eigenvalue weighted by atomic mass is 19.1. The van der Waals surface area contributed by atoms with Crippen molar-refractivity contribution in [3.05, 3.63) is 29.3 Å². The molecule has 0 spiro atoms. The van der Waals surface area contributed by atoms with Gasteiger partial charge in [-0.3, -0.25) is 4.79 Å². The van der Waals surface area contributed by atoms with Gasteiger partial charge < -0.3 is 15.4 Å². The van der Waals surface area contributed by atoms with Gasteiger partial charge in [0.25, 0.3) is 5.91 Å². The Labute approximate surface area is 110 Å². The van der Waals surface area contributed by atoms with Crippen molar-refractivity contribution in [1.82, 2.24) is 4.90 Å². The molecule has 1 aliphatic rings. The maximum absolute atomic E-state index is 13.8. The van der Waals surface area contributed by atoms with E-state index in [1.807, 2.05) is 6.92 Å². The molecule has 2 N–H and O–H groups in total. The third kappa shape index (κ3) is 2.40. The molecule has 1 aliphatic heterocycles. The summed E-state index contributed by atoms with van der Waals surface area (Å²) in [5.74, 6) is -2.64. The van der Waals surface area contributed by atoms with Crippen LogP contribution in [0.4, 0.5) is 14.5 Å². The molecule has 6 heteroatoms. The molecular formula is C13H16F2N2O2. The molecule has 4 nitrogen and oxygen atoms in total. The van der Waals surface area contributed by atoms with Crippen molar-refractivity contribution in [1.29, 1.82) is 0 Å². The highest BCUT2D eigenvalue weighted by Crippen LogP contribution is 2.24. The van der Waals surface area contributed by atoms with Gasteiger partial charge in [0.15, 0.2) is 5.82 Å². The van der Waals surface area contributed by atoms with Gasteiger partial charge in [-0.15, -0.1) is 0 Å². The Morgan fingerprint density at radius 1 is 1.47 bits per heavy atom. The average Bonchev–Trinajstić information content (AvgIpc) is 2.79. The Hall–Kier alpha value is -1.69. The zero-order valence-corrected chi connectivity index (χ0v) is 10.8. The molecule has 0 aliphatic carbocycles. The molecule has 104 valence electrons. The Kier molecular flexibility index (Phi) is 3.71. The SMILES string of the molecule is CC1OCCC1N(C)C(=O)c1c(F)ccc(N)c1F. The van der Waals surface area contributed by atoms with Crippen LogP contribution in [0, 0.1) is 11.6 Å². The van der Waals surface area contributed by atoms with Gasteiger partial charge in [0.1, 0.15) is 11.4 Å². The van der Waals surface area contributed by atoms with E-state index in [9.17, 15) is 13.6 Å². The third-order valence-electron chi connectivity index (χ3n) is 3.49. The maximum atomic E-state index is 13.8. The molecule has 1 heterocycles.